The van der Waals surface area contributed by atoms with Crippen LogP contribution < -0.4 is 0 Å². The summed E-state index contributed by atoms with van der Waals surface area (Å²) >= 11 is 1.24. The van der Waals surface area contributed by atoms with Crippen molar-refractivity contribution in [1.29, 1.82) is 0 Å². The van der Waals surface area contributed by atoms with Gasteiger partial charge in [0, 0.05) is 4.88 Å². The maximum absolute atomic E-state index is 10.8. The summed E-state index contributed by atoms with van der Waals surface area (Å²) < 4.78 is 0. The van der Waals surface area contributed by atoms with E-state index < -0.39 is 5.97 Å². The SMILES string of the molecule is CC(=O)c1ccc(CC(=O)O)s1. The third kappa shape index (κ3) is 2.17. The average molecular weight is 184 g/mol. The predicted octanol–water partition coefficient (Wildman–Crippen LogP) is 1.58. The molecular weight excluding hydrogens is 176 g/mol. The summed E-state index contributed by atoms with van der Waals surface area (Å²) in [5.41, 5.74) is 0. The lowest BCUT2D eigenvalue weighted by Crippen LogP contribution is -1.97. The number of ketones is 1. The number of Topliss-reactive ketones (excluding diaryl/α,β-unsaturated/α-hetero) is 1. The summed E-state index contributed by atoms with van der Waals surface area (Å²) in [6, 6.07) is 3.33. The number of carboxylic acid groups (broad SMARTS) is 1. The van der Waals surface area contributed by atoms with E-state index in [1.54, 1.807) is 12.1 Å². The molecule has 0 aliphatic carbocycles. The molecule has 1 aromatic heterocycles. The van der Waals surface area contributed by atoms with Gasteiger partial charge in [0.05, 0.1) is 11.3 Å². The van der Waals surface area contributed by atoms with Crippen molar-refractivity contribution in [2.75, 3.05) is 0 Å². The lowest BCUT2D eigenvalue weighted by atomic mass is 10.3. The highest BCUT2D eigenvalue weighted by Crippen LogP contribution is 2.17. The van der Waals surface area contributed by atoms with Crippen LogP contribution in [0.4, 0.5) is 0 Å². The molecule has 64 valence electrons. The summed E-state index contributed by atoms with van der Waals surface area (Å²) in [4.78, 5) is 22.4. The minimum Gasteiger partial charge on any atom is -0.481 e. The normalized spacial score (nSPS) is 9.75. The van der Waals surface area contributed by atoms with Crippen molar-refractivity contribution >= 4 is 23.1 Å². The average Bonchev–Trinajstić information content (AvgIpc) is 2.34. The van der Waals surface area contributed by atoms with E-state index in [-0.39, 0.29) is 12.2 Å². The first-order chi connectivity index (χ1) is 5.59. The largest absolute Gasteiger partial charge is 0.481 e. The first-order valence-corrected chi connectivity index (χ1v) is 4.22. The molecule has 0 aliphatic heterocycles. The highest BCUT2D eigenvalue weighted by Gasteiger charge is 2.06. The molecule has 1 aromatic rings. The predicted molar refractivity (Wildman–Crippen MR) is 45.7 cm³/mol. The molecule has 12 heavy (non-hydrogen) atoms. The Kier molecular flexibility index (Phi) is 2.60. The van der Waals surface area contributed by atoms with Gasteiger partial charge in [0.2, 0.25) is 0 Å². The first-order valence-electron chi connectivity index (χ1n) is 3.41. The zero-order valence-electron chi connectivity index (χ0n) is 6.53. The van der Waals surface area contributed by atoms with Crippen molar-refractivity contribution in [2.45, 2.75) is 13.3 Å². The van der Waals surface area contributed by atoms with Gasteiger partial charge < -0.3 is 5.11 Å². The Morgan fingerprint density at radius 3 is 2.58 bits per heavy atom. The lowest BCUT2D eigenvalue weighted by Gasteiger charge is -1.87. The molecule has 0 bridgehead atoms. The molecule has 0 fully saturated rings. The van der Waals surface area contributed by atoms with Gasteiger partial charge in [-0.15, -0.1) is 11.3 Å². The van der Waals surface area contributed by atoms with Crippen LogP contribution in [0.15, 0.2) is 12.1 Å². The third-order valence-electron chi connectivity index (χ3n) is 1.33. The quantitative estimate of drug-likeness (QED) is 0.725. The molecule has 0 saturated carbocycles. The molecule has 0 amide bonds. The van der Waals surface area contributed by atoms with Crippen LogP contribution in [0.3, 0.4) is 0 Å². The summed E-state index contributed by atoms with van der Waals surface area (Å²) in [7, 11) is 0. The second kappa shape index (κ2) is 3.49. The van der Waals surface area contributed by atoms with Gasteiger partial charge in [0.25, 0.3) is 0 Å². The second-order valence-electron chi connectivity index (χ2n) is 2.39. The number of hydrogen-bond acceptors (Lipinski definition) is 3. The van der Waals surface area contributed by atoms with Crippen LogP contribution in [0.5, 0.6) is 0 Å². The maximum atomic E-state index is 10.8. The molecule has 1 N–H and O–H groups in total. The van der Waals surface area contributed by atoms with Gasteiger partial charge in [-0.3, -0.25) is 9.59 Å². The number of carbonyl (C=O) groups excluding carboxylic acids is 1. The topological polar surface area (TPSA) is 54.4 Å². The van der Waals surface area contributed by atoms with Crippen LogP contribution in [0, 0.1) is 0 Å². The molecule has 0 aromatic carbocycles. The highest BCUT2D eigenvalue weighted by atomic mass is 32.1. The van der Waals surface area contributed by atoms with Gasteiger partial charge in [0.15, 0.2) is 5.78 Å². The van der Waals surface area contributed by atoms with E-state index in [9.17, 15) is 9.59 Å². The van der Waals surface area contributed by atoms with Crippen molar-refractivity contribution in [3.8, 4) is 0 Å². The fourth-order valence-corrected chi connectivity index (χ4v) is 1.71. The Morgan fingerprint density at radius 1 is 1.50 bits per heavy atom. The lowest BCUT2D eigenvalue weighted by molar-refractivity contribution is -0.136. The minimum absolute atomic E-state index is 0.00204. The van der Waals surface area contributed by atoms with Gasteiger partial charge >= 0.3 is 5.97 Å². The van der Waals surface area contributed by atoms with E-state index in [0.717, 1.165) is 0 Å². The van der Waals surface area contributed by atoms with Crippen LogP contribution in [0.1, 0.15) is 21.5 Å². The number of aliphatic carboxylic acids is 1. The minimum atomic E-state index is -0.869. The van der Waals surface area contributed by atoms with Crippen molar-refractivity contribution in [1.82, 2.24) is 0 Å². The zero-order valence-corrected chi connectivity index (χ0v) is 7.35. The van der Waals surface area contributed by atoms with Crippen molar-refractivity contribution in [2.24, 2.45) is 0 Å². The zero-order chi connectivity index (χ0) is 9.14. The Balaban J connectivity index is 2.77. The molecule has 0 aliphatic rings. The smallest absolute Gasteiger partial charge is 0.308 e. The summed E-state index contributed by atoms with van der Waals surface area (Å²) in [6.45, 7) is 1.47. The fraction of sp³-hybridized carbons (Fsp3) is 0.250. The van der Waals surface area contributed by atoms with Crippen LogP contribution in [0.2, 0.25) is 0 Å². The van der Waals surface area contributed by atoms with Gasteiger partial charge in [-0.1, -0.05) is 0 Å². The first kappa shape index (κ1) is 8.93. The number of carboxylic acids is 1. The Bertz CT molecular complexity index is 314. The van der Waals surface area contributed by atoms with Crippen molar-refractivity contribution < 1.29 is 14.7 Å². The van der Waals surface area contributed by atoms with Crippen LogP contribution in [-0.2, 0) is 11.2 Å². The molecule has 0 unspecified atom stereocenters. The van der Waals surface area contributed by atoms with Gasteiger partial charge in [0.1, 0.15) is 0 Å². The molecule has 1 rings (SSSR count). The van der Waals surface area contributed by atoms with Crippen molar-refractivity contribution in [3.05, 3.63) is 21.9 Å². The van der Waals surface area contributed by atoms with E-state index in [0.29, 0.717) is 9.75 Å². The van der Waals surface area contributed by atoms with Crippen LogP contribution >= 0.6 is 11.3 Å². The van der Waals surface area contributed by atoms with Crippen molar-refractivity contribution in [3.63, 3.8) is 0 Å². The molecule has 3 nitrogen and oxygen atoms in total. The molecule has 4 heteroatoms. The van der Waals surface area contributed by atoms with Gasteiger partial charge in [-0.25, -0.2) is 0 Å². The number of hydrogen-bond donors (Lipinski definition) is 1. The Morgan fingerprint density at radius 2 is 2.17 bits per heavy atom. The number of carbonyl (C=O) groups is 2. The van der Waals surface area contributed by atoms with E-state index in [1.807, 2.05) is 0 Å². The van der Waals surface area contributed by atoms with Crippen LogP contribution in [-0.4, -0.2) is 16.9 Å². The summed E-state index contributed by atoms with van der Waals surface area (Å²) in [5, 5.41) is 8.44. The number of thiophene rings is 1. The van der Waals surface area contributed by atoms with E-state index in [4.69, 9.17) is 5.11 Å². The molecular formula is C8H8O3S. The second-order valence-corrected chi connectivity index (χ2v) is 3.56. The Labute approximate surface area is 73.6 Å². The fourth-order valence-electron chi connectivity index (χ4n) is 0.811. The Hall–Kier alpha value is -1.16. The molecule has 0 spiro atoms. The molecule has 1 heterocycles. The van der Waals surface area contributed by atoms with E-state index in [2.05, 4.69) is 0 Å². The molecule has 0 atom stereocenters. The standard InChI is InChI=1S/C8H8O3S/c1-5(9)7-3-2-6(12-7)4-8(10)11/h2-3H,4H2,1H3,(H,10,11). The molecule has 0 radical (unpaired) electrons. The highest BCUT2D eigenvalue weighted by molar-refractivity contribution is 7.14. The van der Waals surface area contributed by atoms with E-state index in [1.165, 1.54) is 18.3 Å². The summed E-state index contributed by atoms with van der Waals surface area (Å²) in [5.74, 6) is -0.886. The number of rotatable bonds is 3. The molecule has 0 saturated heterocycles. The van der Waals surface area contributed by atoms with E-state index >= 15 is 0 Å². The van der Waals surface area contributed by atoms with Gasteiger partial charge in [-0.05, 0) is 19.1 Å². The summed E-state index contributed by atoms with van der Waals surface area (Å²) in [6.07, 6.45) is -0.00204. The maximum Gasteiger partial charge on any atom is 0.308 e. The van der Waals surface area contributed by atoms with Gasteiger partial charge in [-0.2, -0.15) is 0 Å². The monoisotopic (exact) mass is 184 g/mol. The van der Waals surface area contributed by atoms with Crippen LogP contribution in [0.25, 0.3) is 0 Å². The third-order valence-corrected chi connectivity index (χ3v) is 2.52.